The number of hydrogen-bond acceptors (Lipinski definition) is 2. The van der Waals surface area contributed by atoms with Gasteiger partial charge in [0.05, 0.1) is 10.3 Å². The number of alkyl halides is 3. The van der Waals surface area contributed by atoms with Gasteiger partial charge in [-0.2, -0.15) is 0 Å². The van der Waals surface area contributed by atoms with E-state index in [2.05, 4.69) is 0 Å². The van der Waals surface area contributed by atoms with Crippen molar-refractivity contribution in [1.82, 2.24) is 0 Å². The summed E-state index contributed by atoms with van der Waals surface area (Å²) in [6, 6.07) is 0. The lowest BCUT2D eigenvalue weighted by atomic mass is 10.3. The largest absolute Gasteiger partial charge is 0.259 e. The highest BCUT2D eigenvalue weighted by atomic mass is 35.5. The number of nitro groups is 1. The van der Waals surface area contributed by atoms with Crippen molar-refractivity contribution in [2.24, 2.45) is 0 Å². The number of rotatable bonds is 3. The summed E-state index contributed by atoms with van der Waals surface area (Å²) in [5, 5.41) is 9.25. The van der Waals surface area contributed by atoms with Gasteiger partial charge in [0.25, 0.3) is 0 Å². The van der Waals surface area contributed by atoms with Gasteiger partial charge in [0.2, 0.25) is 6.20 Å². The van der Waals surface area contributed by atoms with E-state index in [4.69, 9.17) is 34.8 Å². The van der Waals surface area contributed by atoms with E-state index in [-0.39, 0.29) is 0 Å². The van der Waals surface area contributed by atoms with Gasteiger partial charge in [0.15, 0.2) is 4.33 Å². The van der Waals surface area contributed by atoms with Gasteiger partial charge in [-0.25, -0.2) is 0 Å². The fourth-order valence-corrected chi connectivity index (χ4v) is 0.478. The molecule has 0 bridgehead atoms. The fourth-order valence-electron chi connectivity index (χ4n) is 0.293. The molecule has 0 aliphatic heterocycles. The average molecular weight is 218 g/mol. The maximum absolute atomic E-state index is 9.83. The summed E-state index contributed by atoms with van der Waals surface area (Å²) in [4.78, 5) is 9.17. The summed E-state index contributed by atoms with van der Waals surface area (Å²) < 4.78 is -1.38. The maximum Gasteiger partial charge on any atom is 0.233 e. The van der Waals surface area contributed by atoms with Crippen LogP contribution in [0.25, 0.3) is 0 Å². The van der Waals surface area contributed by atoms with Gasteiger partial charge in [0.1, 0.15) is 0 Å². The molecule has 0 radical (unpaired) electrons. The van der Waals surface area contributed by atoms with Gasteiger partial charge in [-0.1, -0.05) is 23.2 Å². The molecule has 0 saturated carbocycles. The molecule has 0 N–H and O–H groups in total. The van der Waals surface area contributed by atoms with Gasteiger partial charge < -0.3 is 0 Å². The summed E-state index contributed by atoms with van der Waals surface area (Å²) in [5.41, 5.74) is 0. The first-order chi connectivity index (χ1) is 4.86. The van der Waals surface area contributed by atoms with Crippen LogP contribution in [-0.4, -0.2) is 14.6 Å². The standard InChI is InChI=1S/C5H6Cl3NO2/c1-4(6)5(7,8)2-3-9(10)11/h2-4H,1H3. The van der Waals surface area contributed by atoms with Crippen LogP contribution < -0.4 is 0 Å². The topological polar surface area (TPSA) is 43.1 Å². The van der Waals surface area contributed by atoms with Crippen LogP contribution in [0.2, 0.25) is 0 Å². The van der Waals surface area contributed by atoms with Crippen LogP contribution in [0.5, 0.6) is 0 Å². The molecule has 0 spiro atoms. The van der Waals surface area contributed by atoms with Crippen molar-refractivity contribution >= 4 is 34.8 Å². The lowest BCUT2D eigenvalue weighted by Gasteiger charge is -2.15. The molecule has 0 aliphatic rings. The third-order valence-electron chi connectivity index (χ3n) is 0.949. The van der Waals surface area contributed by atoms with Crippen LogP contribution in [0.1, 0.15) is 6.92 Å². The van der Waals surface area contributed by atoms with E-state index in [0.29, 0.717) is 6.20 Å². The van der Waals surface area contributed by atoms with Crippen LogP contribution in [-0.2, 0) is 0 Å². The van der Waals surface area contributed by atoms with Gasteiger partial charge >= 0.3 is 0 Å². The van der Waals surface area contributed by atoms with Crippen LogP contribution in [0.15, 0.2) is 12.3 Å². The molecule has 0 rings (SSSR count). The lowest BCUT2D eigenvalue weighted by molar-refractivity contribution is -0.402. The molecule has 6 heteroatoms. The van der Waals surface area contributed by atoms with Crippen molar-refractivity contribution in [3.8, 4) is 0 Å². The van der Waals surface area contributed by atoms with Gasteiger partial charge in [-0.05, 0) is 6.92 Å². The quantitative estimate of drug-likeness (QED) is 0.415. The van der Waals surface area contributed by atoms with Crippen molar-refractivity contribution < 1.29 is 4.92 Å². The Hall–Kier alpha value is 0.01000. The number of hydrogen-bond donors (Lipinski definition) is 0. The van der Waals surface area contributed by atoms with E-state index in [1.165, 1.54) is 0 Å². The molecule has 1 atom stereocenters. The average Bonchev–Trinajstić information content (AvgIpc) is 1.84. The zero-order valence-corrected chi connectivity index (χ0v) is 7.90. The van der Waals surface area contributed by atoms with E-state index in [1.807, 2.05) is 0 Å². The van der Waals surface area contributed by atoms with Gasteiger partial charge in [-0.15, -0.1) is 11.6 Å². The summed E-state index contributed by atoms with van der Waals surface area (Å²) in [6.45, 7) is 1.55. The molecule has 0 fully saturated rings. The Morgan fingerprint density at radius 1 is 1.64 bits per heavy atom. The number of halogens is 3. The first-order valence-electron chi connectivity index (χ1n) is 2.71. The molecule has 0 aromatic carbocycles. The molecule has 0 saturated heterocycles. The molecule has 1 unspecified atom stereocenters. The minimum atomic E-state index is -1.38. The third-order valence-corrected chi connectivity index (χ3v) is 2.42. The van der Waals surface area contributed by atoms with E-state index in [9.17, 15) is 10.1 Å². The Morgan fingerprint density at radius 2 is 2.09 bits per heavy atom. The maximum atomic E-state index is 9.83. The summed E-state index contributed by atoms with van der Waals surface area (Å²) in [7, 11) is 0. The number of allylic oxidation sites excluding steroid dienone is 1. The van der Waals surface area contributed by atoms with Crippen LogP contribution in [0, 0.1) is 10.1 Å². The molecule has 11 heavy (non-hydrogen) atoms. The Labute approximate surface area is 79.1 Å². The minimum Gasteiger partial charge on any atom is -0.259 e. The predicted molar refractivity (Wildman–Crippen MR) is 45.9 cm³/mol. The zero-order chi connectivity index (χ0) is 9.07. The van der Waals surface area contributed by atoms with E-state index in [0.717, 1.165) is 6.08 Å². The highest BCUT2D eigenvalue weighted by Gasteiger charge is 2.27. The Morgan fingerprint density at radius 3 is 2.36 bits per heavy atom. The van der Waals surface area contributed by atoms with Crippen LogP contribution in [0.4, 0.5) is 0 Å². The third kappa shape index (κ3) is 4.45. The molecular formula is C5H6Cl3NO2. The molecule has 3 nitrogen and oxygen atoms in total. The van der Waals surface area contributed by atoms with Crippen molar-refractivity contribution in [2.45, 2.75) is 16.6 Å². The molecular weight excluding hydrogens is 212 g/mol. The van der Waals surface area contributed by atoms with Gasteiger partial charge in [0, 0.05) is 6.08 Å². The molecule has 0 amide bonds. The number of nitrogens with zero attached hydrogens (tertiary/aromatic N) is 1. The highest BCUT2D eigenvalue weighted by Crippen LogP contribution is 2.30. The van der Waals surface area contributed by atoms with Crippen LogP contribution >= 0.6 is 34.8 Å². The second-order valence-electron chi connectivity index (χ2n) is 1.89. The summed E-state index contributed by atoms with van der Waals surface area (Å²) >= 11 is 16.6. The van der Waals surface area contributed by atoms with Crippen molar-refractivity contribution in [1.29, 1.82) is 0 Å². The van der Waals surface area contributed by atoms with Crippen LogP contribution in [0.3, 0.4) is 0 Å². The normalized spacial score (nSPS) is 15.3. The Balaban J connectivity index is 4.23. The lowest BCUT2D eigenvalue weighted by Crippen LogP contribution is -2.20. The minimum absolute atomic E-state index is 0.581. The van der Waals surface area contributed by atoms with E-state index < -0.39 is 14.6 Å². The molecule has 64 valence electrons. The first-order valence-corrected chi connectivity index (χ1v) is 3.90. The molecule has 0 heterocycles. The summed E-state index contributed by atoms with van der Waals surface area (Å²) in [6.07, 6.45) is 1.70. The second-order valence-corrected chi connectivity index (χ2v) is 3.99. The first kappa shape index (κ1) is 11.0. The molecule has 0 aromatic rings. The second kappa shape index (κ2) is 4.14. The van der Waals surface area contributed by atoms with Crippen molar-refractivity contribution in [2.75, 3.05) is 0 Å². The summed E-state index contributed by atoms with van der Waals surface area (Å²) in [5.74, 6) is 0. The zero-order valence-electron chi connectivity index (χ0n) is 5.63. The van der Waals surface area contributed by atoms with E-state index >= 15 is 0 Å². The van der Waals surface area contributed by atoms with Crippen molar-refractivity contribution in [3.63, 3.8) is 0 Å². The molecule has 0 aliphatic carbocycles. The Bertz CT molecular complexity index is 179. The van der Waals surface area contributed by atoms with Gasteiger partial charge in [-0.3, -0.25) is 10.1 Å². The van der Waals surface area contributed by atoms with E-state index in [1.54, 1.807) is 6.92 Å². The van der Waals surface area contributed by atoms with Crippen molar-refractivity contribution in [3.05, 3.63) is 22.4 Å². The smallest absolute Gasteiger partial charge is 0.233 e. The SMILES string of the molecule is CC(Cl)C(Cl)(Cl)C=C[N+](=O)[O-]. The Kier molecular flexibility index (Phi) is 4.14. The highest BCUT2D eigenvalue weighted by molar-refractivity contribution is 6.53. The molecule has 0 aromatic heterocycles. The fraction of sp³-hybridized carbons (Fsp3) is 0.600. The monoisotopic (exact) mass is 217 g/mol. The predicted octanol–water partition coefficient (Wildman–Crippen LogP) is 2.58.